The number of hydrogen-bond acceptors (Lipinski definition) is 8. The highest BCUT2D eigenvalue weighted by molar-refractivity contribution is 7.47. The molecule has 39 heavy (non-hydrogen) atoms. The van der Waals surface area contributed by atoms with Crippen LogP contribution < -0.4 is 5.32 Å². The second kappa shape index (κ2) is 24.1. The summed E-state index contributed by atoms with van der Waals surface area (Å²) in [7, 11) is -4.72. The predicted molar refractivity (Wildman–Crippen MR) is 148 cm³/mol. The molecule has 3 atom stereocenters. The molecule has 0 heterocycles. The van der Waals surface area contributed by atoms with E-state index in [1.54, 1.807) is 0 Å². The number of nitrogens with one attached hydrogen (secondary N) is 1. The van der Waals surface area contributed by atoms with Gasteiger partial charge < -0.3 is 25.2 Å². The highest BCUT2D eigenvalue weighted by Crippen LogP contribution is 2.43. The first-order valence-electron chi connectivity index (χ1n) is 14.2. The maximum Gasteiger partial charge on any atom is 0.472 e. The van der Waals surface area contributed by atoms with Crippen LogP contribution in [0.2, 0.25) is 0 Å². The maximum absolute atomic E-state index is 12.0. The van der Waals surface area contributed by atoms with Gasteiger partial charge in [-0.1, -0.05) is 77.4 Å². The third-order valence-electron chi connectivity index (χ3n) is 5.79. The van der Waals surface area contributed by atoms with Gasteiger partial charge in [-0.25, -0.2) is 9.36 Å². The SMILES string of the molecule is CCC/C=C\CCCCCCCC(=O)OCC(O)COP(=O)(O)OCC(NC(=O)CCCCCCC)C(=O)O. The van der Waals surface area contributed by atoms with E-state index in [0.29, 0.717) is 12.8 Å². The maximum atomic E-state index is 12.0. The van der Waals surface area contributed by atoms with E-state index in [1.165, 1.54) is 0 Å². The summed E-state index contributed by atoms with van der Waals surface area (Å²) in [6.45, 7) is 2.33. The molecule has 0 saturated carbocycles. The molecular formula is C27H50NO10P. The van der Waals surface area contributed by atoms with Crippen LogP contribution in [0.5, 0.6) is 0 Å². The second-order valence-electron chi connectivity index (χ2n) is 9.59. The van der Waals surface area contributed by atoms with Gasteiger partial charge in [0.05, 0.1) is 13.2 Å². The van der Waals surface area contributed by atoms with Gasteiger partial charge in [0.1, 0.15) is 12.7 Å². The van der Waals surface area contributed by atoms with Gasteiger partial charge in [0.15, 0.2) is 6.04 Å². The van der Waals surface area contributed by atoms with Crippen molar-refractivity contribution >= 4 is 25.7 Å². The molecule has 0 bridgehead atoms. The number of esters is 1. The van der Waals surface area contributed by atoms with Gasteiger partial charge in [0.2, 0.25) is 5.91 Å². The molecule has 3 unspecified atom stereocenters. The summed E-state index contributed by atoms with van der Waals surface area (Å²) >= 11 is 0. The monoisotopic (exact) mass is 579 g/mol. The molecule has 0 spiro atoms. The first-order valence-corrected chi connectivity index (χ1v) is 15.7. The fraction of sp³-hybridized carbons (Fsp3) is 0.815. The average Bonchev–Trinajstić information content (AvgIpc) is 2.89. The summed E-state index contributed by atoms with van der Waals surface area (Å²) in [5.41, 5.74) is 0. The van der Waals surface area contributed by atoms with Crippen LogP contribution in [-0.2, 0) is 32.7 Å². The lowest BCUT2D eigenvalue weighted by Crippen LogP contribution is -2.43. The van der Waals surface area contributed by atoms with Crippen LogP contribution in [-0.4, -0.2) is 64.9 Å². The minimum Gasteiger partial charge on any atom is -0.480 e. The topological polar surface area (TPSA) is 169 Å². The van der Waals surface area contributed by atoms with Crippen molar-refractivity contribution in [1.82, 2.24) is 5.32 Å². The number of carbonyl (C=O) groups is 3. The minimum atomic E-state index is -4.72. The van der Waals surface area contributed by atoms with Crippen LogP contribution in [0.25, 0.3) is 0 Å². The summed E-state index contributed by atoms with van der Waals surface area (Å²) in [4.78, 5) is 44.9. The van der Waals surface area contributed by atoms with Gasteiger partial charge in [0.25, 0.3) is 0 Å². The molecule has 11 nitrogen and oxygen atoms in total. The van der Waals surface area contributed by atoms with Crippen LogP contribution in [0.1, 0.15) is 110 Å². The molecule has 0 saturated heterocycles. The molecule has 0 radical (unpaired) electrons. The fourth-order valence-corrected chi connectivity index (χ4v) is 4.26. The van der Waals surface area contributed by atoms with Crippen molar-refractivity contribution < 1.29 is 47.8 Å². The average molecular weight is 580 g/mol. The number of phosphoric ester groups is 1. The molecule has 0 aromatic heterocycles. The number of carboxylic acid groups (broad SMARTS) is 1. The molecule has 1 amide bonds. The van der Waals surface area contributed by atoms with E-state index < -0.39 is 57.6 Å². The van der Waals surface area contributed by atoms with Crippen LogP contribution in [0.15, 0.2) is 12.2 Å². The summed E-state index contributed by atoms with van der Waals surface area (Å²) in [6, 6.07) is -1.54. The van der Waals surface area contributed by atoms with E-state index in [-0.39, 0.29) is 12.8 Å². The molecule has 0 fully saturated rings. The van der Waals surface area contributed by atoms with Crippen molar-refractivity contribution in [3.63, 3.8) is 0 Å². The standard InChI is InChI=1S/C27H50NO10P/c1-3-5-7-9-10-11-12-13-15-17-19-26(31)36-20-23(29)21-37-39(34,35)38-22-24(27(32)33)28-25(30)18-16-14-8-6-4-2/h7,9,23-24,29H,3-6,8,10-22H2,1-2H3,(H,28,30)(H,32,33)(H,34,35)/b9-7-. The van der Waals surface area contributed by atoms with Crippen molar-refractivity contribution in [2.45, 2.75) is 122 Å². The lowest BCUT2D eigenvalue weighted by atomic mass is 10.1. The molecule has 0 rings (SSSR count). The number of aliphatic hydroxyl groups excluding tert-OH is 1. The van der Waals surface area contributed by atoms with E-state index in [4.69, 9.17) is 4.74 Å². The molecule has 0 aromatic carbocycles. The lowest BCUT2D eigenvalue weighted by Gasteiger charge is -2.18. The van der Waals surface area contributed by atoms with Crippen LogP contribution >= 0.6 is 7.82 Å². The predicted octanol–water partition coefficient (Wildman–Crippen LogP) is 5.04. The number of unbranched alkanes of at least 4 members (excludes halogenated alkanes) is 10. The summed E-state index contributed by atoms with van der Waals surface area (Å²) in [6.07, 6.45) is 16.2. The van der Waals surface area contributed by atoms with Crippen molar-refractivity contribution in [1.29, 1.82) is 0 Å². The van der Waals surface area contributed by atoms with Gasteiger partial charge >= 0.3 is 19.8 Å². The zero-order valence-electron chi connectivity index (χ0n) is 23.7. The number of aliphatic hydroxyl groups is 1. The van der Waals surface area contributed by atoms with Gasteiger partial charge in [0, 0.05) is 12.8 Å². The number of carboxylic acids is 1. The largest absolute Gasteiger partial charge is 0.480 e. The number of allylic oxidation sites excluding steroid dienone is 2. The first-order chi connectivity index (χ1) is 18.6. The number of rotatable bonds is 26. The van der Waals surface area contributed by atoms with E-state index in [1.807, 2.05) is 0 Å². The third kappa shape index (κ3) is 23.8. The van der Waals surface area contributed by atoms with E-state index in [2.05, 4.69) is 40.4 Å². The molecule has 4 N–H and O–H groups in total. The van der Waals surface area contributed by atoms with Crippen molar-refractivity contribution in [2.24, 2.45) is 0 Å². The summed E-state index contributed by atoms with van der Waals surface area (Å²) in [5, 5.41) is 21.4. The third-order valence-corrected chi connectivity index (χ3v) is 6.74. The van der Waals surface area contributed by atoms with E-state index >= 15 is 0 Å². The van der Waals surface area contributed by atoms with E-state index in [9.17, 15) is 34.1 Å². The number of hydrogen-bond donors (Lipinski definition) is 4. The normalized spacial score (nSPS) is 14.6. The number of phosphoric acid groups is 1. The van der Waals surface area contributed by atoms with Crippen LogP contribution in [0.4, 0.5) is 0 Å². The summed E-state index contributed by atoms with van der Waals surface area (Å²) < 4.78 is 26.3. The summed E-state index contributed by atoms with van der Waals surface area (Å²) in [5.74, 6) is -2.41. The Morgan fingerprint density at radius 2 is 1.38 bits per heavy atom. The molecule has 228 valence electrons. The van der Waals surface area contributed by atoms with Gasteiger partial charge in [-0.3, -0.25) is 18.6 Å². The van der Waals surface area contributed by atoms with E-state index in [0.717, 1.165) is 70.6 Å². The molecule has 0 aliphatic heterocycles. The van der Waals surface area contributed by atoms with Gasteiger partial charge in [-0.15, -0.1) is 0 Å². The Balaban J connectivity index is 4.07. The minimum absolute atomic E-state index is 0.142. The Bertz CT molecular complexity index is 746. The number of carbonyl (C=O) groups excluding carboxylic acids is 2. The lowest BCUT2D eigenvalue weighted by molar-refractivity contribution is -0.147. The Labute approximate surface area is 233 Å². The molecule has 0 aromatic rings. The highest BCUT2D eigenvalue weighted by Gasteiger charge is 2.28. The van der Waals surface area contributed by atoms with Crippen molar-refractivity contribution in [3.05, 3.63) is 12.2 Å². The van der Waals surface area contributed by atoms with Crippen molar-refractivity contribution in [2.75, 3.05) is 19.8 Å². The zero-order valence-corrected chi connectivity index (χ0v) is 24.6. The Hall–Kier alpha value is -1.78. The molecule has 0 aliphatic rings. The Morgan fingerprint density at radius 3 is 2.05 bits per heavy atom. The van der Waals surface area contributed by atoms with Crippen LogP contribution in [0, 0.1) is 0 Å². The zero-order chi connectivity index (χ0) is 29.4. The number of amides is 1. The van der Waals surface area contributed by atoms with Gasteiger partial charge in [-0.05, 0) is 32.1 Å². The fourth-order valence-electron chi connectivity index (χ4n) is 3.49. The first kappa shape index (κ1) is 37.2. The quantitative estimate of drug-likeness (QED) is 0.0471. The molecule has 12 heteroatoms. The second-order valence-corrected chi connectivity index (χ2v) is 11.0. The van der Waals surface area contributed by atoms with Crippen LogP contribution in [0.3, 0.4) is 0 Å². The Kier molecular flexibility index (Phi) is 23.0. The number of ether oxygens (including phenoxy) is 1. The van der Waals surface area contributed by atoms with Crippen molar-refractivity contribution in [3.8, 4) is 0 Å². The molecular weight excluding hydrogens is 529 g/mol. The smallest absolute Gasteiger partial charge is 0.472 e. The highest BCUT2D eigenvalue weighted by atomic mass is 31.2. The molecule has 0 aliphatic carbocycles. The van der Waals surface area contributed by atoms with Gasteiger partial charge in [-0.2, -0.15) is 0 Å². The Morgan fingerprint density at radius 1 is 0.795 bits per heavy atom. The number of aliphatic carboxylic acids is 1.